The molecule has 0 aliphatic heterocycles. The molecule has 0 fully saturated rings. The summed E-state index contributed by atoms with van der Waals surface area (Å²) < 4.78 is 2.78. The van der Waals surface area contributed by atoms with Crippen molar-refractivity contribution in [2.45, 2.75) is 25.5 Å². The second kappa shape index (κ2) is 2.74. The van der Waals surface area contributed by atoms with Crippen LogP contribution in [0.25, 0.3) is 0 Å². The first-order valence-electron chi connectivity index (χ1n) is 3.60. The van der Waals surface area contributed by atoms with Crippen LogP contribution in [0.1, 0.15) is 20.8 Å². The van der Waals surface area contributed by atoms with E-state index in [1.54, 1.807) is 0 Å². The molecule has 0 bridgehead atoms. The summed E-state index contributed by atoms with van der Waals surface area (Å²) in [4.78, 5) is 0. The highest BCUT2D eigenvalue weighted by atomic mass is 32.3. The van der Waals surface area contributed by atoms with E-state index >= 15 is 0 Å². The molecule has 0 radical (unpaired) electrons. The topological polar surface area (TPSA) is 3.24 Å². The Morgan fingerprint density at radius 1 is 1.00 bits per heavy atom. The lowest BCUT2D eigenvalue weighted by Gasteiger charge is -2.49. The van der Waals surface area contributed by atoms with Crippen molar-refractivity contribution in [3.63, 3.8) is 0 Å². The zero-order valence-corrected chi connectivity index (χ0v) is 9.17. The molecule has 10 heavy (non-hydrogen) atoms. The zero-order chi connectivity index (χ0) is 8.58. The first kappa shape index (κ1) is 10.3. The largest absolute Gasteiger partial charge is 0.274 e. The van der Waals surface area contributed by atoms with Crippen LogP contribution >= 0.6 is 10.2 Å². The lowest BCUT2D eigenvalue weighted by atomic mass is 10.3. The highest BCUT2D eigenvalue weighted by Gasteiger charge is 2.29. The average molecular weight is 163 g/mol. The molecule has 0 saturated heterocycles. The van der Waals surface area contributed by atoms with Crippen molar-refractivity contribution in [1.82, 2.24) is 4.31 Å². The highest BCUT2D eigenvalue weighted by Crippen LogP contribution is 2.53. The van der Waals surface area contributed by atoms with Crippen molar-refractivity contribution in [1.29, 1.82) is 0 Å². The standard InChI is InChI=1S/C8H21NS/c1-8(2,3)10(6,7)9(4)5/h1-7H3. The Morgan fingerprint density at radius 3 is 1.30 bits per heavy atom. The summed E-state index contributed by atoms with van der Waals surface area (Å²) in [5.41, 5.74) is 0. The van der Waals surface area contributed by atoms with E-state index in [4.69, 9.17) is 0 Å². The molecule has 0 N–H and O–H groups in total. The van der Waals surface area contributed by atoms with Gasteiger partial charge in [-0.3, -0.25) is 4.31 Å². The Morgan fingerprint density at radius 2 is 1.30 bits per heavy atom. The minimum Gasteiger partial charge on any atom is -0.274 e. The van der Waals surface area contributed by atoms with E-state index in [-0.39, 0.29) is 0 Å². The van der Waals surface area contributed by atoms with Crippen molar-refractivity contribution in [2.24, 2.45) is 0 Å². The van der Waals surface area contributed by atoms with Crippen molar-refractivity contribution in [3.8, 4) is 0 Å². The molecule has 2 heteroatoms. The predicted octanol–water partition coefficient (Wildman–Crippen LogP) is 2.33. The second-order valence-corrected chi connectivity index (χ2v) is 8.70. The van der Waals surface area contributed by atoms with Gasteiger partial charge in [0, 0.05) is 4.75 Å². The van der Waals surface area contributed by atoms with Crippen LogP contribution in [0.5, 0.6) is 0 Å². The van der Waals surface area contributed by atoms with Crippen LogP contribution in [-0.2, 0) is 0 Å². The maximum atomic E-state index is 2.35. The molecule has 0 amide bonds. The van der Waals surface area contributed by atoms with Gasteiger partial charge in [0.25, 0.3) is 0 Å². The smallest absolute Gasteiger partial charge is 0.00296 e. The second-order valence-electron chi connectivity index (χ2n) is 4.20. The van der Waals surface area contributed by atoms with Gasteiger partial charge in [0.2, 0.25) is 0 Å². The fourth-order valence-corrected chi connectivity index (χ4v) is 1.64. The van der Waals surface area contributed by atoms with E-state index in [1.807, 2.05) is 0 Å². The van der Waals surface area contributed by atoms with Crippen LogP contribution in [0.4, 0.5) is 0 Å². The van der Waals surface area contributed by atoms with Crippen LogP contribution in [-0.4, -0.2) is 35.7 Å². The molecule has 1 nitrogen and oxygen atoms in total. The molecule has 0 aromatic heterocycles. The van der Waals surface area contributed by atoms with E-state index in [9.17, 15) is 0 Å². The number of hydrogen-bond acceptors (Lipinski definition) is 1. The van der Waals surface area contributed by atoms with Gasteiger partial charge in [-0.05, 0) is 26.6 Å². The van der Waals surface area contributed by atoms with Gasteiger partial charge in [-0.2, -0.15) is 10.2 Å². The number of hydrogen-bond donors (Lipinski definition) is 0. The van der Waals surface area contributed by atoms with Gasteiger partial charge >= 0.3 is 0 Å². The van der Waals surface area contributed by atoms with Crippen LogP contribution in [0.2, 0.25) is 0 Å². The van der Waals surface area contributed by atoms with E-state index in [2.05, 4.69) is 51.7 Å². The summed E-state index contributed by atoms with van der Waals surface area (Å²) in [6, 6.07) is 0. The molecule has 0 heterocycles. The molecule has 0 atom stereocenters. The Labute approximate surface area is 67.2 Å². The van der Waals surface area contributed by atoms with Gasteiger partial charge in [0.05, 0.1) is 0 Å². The first-order valence-corrected chi connectivity index (χ1v) is 6.00. The van der Waals surface area contributed by atoms with Gasteiger partial charge in [0.15, 0.2) is 0 Å². The molecular weight excluding hydrogens is 142 g/mol. The van der Waals surface area contributed by atoms with Gasteiger partial charge in [-0.25, -0.2) is 0 Å². The maximum Gasteiger partial charge on any atom is 0.00296 e. The Balaban J connectivity index is 4.40. The minimum atomic E-state index is -0.581. The molecule has 0 aromatic rings. The maximum absolute atomic E-state index is 2.35. The summed E-state index contributed by atoms with van der Waals surface area (Å²) in [6.45, 7) is 6.92. The third-order valence-electron chi connectivity index (χ3n) is 2.41. The highest BCUT2D eigenvalue weighted by molar-refractivity contribution is 8.31. The minimum absolute atomic E-state index is 0.427. The van der Waals surface area contributed by atoms with E-state index in [0.717, 1.165) is 0 Å². The Hall–Kier alpha value is 0.310. The normalized spacial score (nSPS) is 16.0. The summed E-state index contributed by atoms with van der Waals surface area (Å²) in [5, 5.41) is 0. The van der Waals surface area contributed by atoms with E-state index in [1.165, 1.54) is 0 Å². The number of nitrogens with zero attached hydrogens (tertiary/aromatic N) is 1. The summed E-state index contributed by atoms with van der Waals surface area (Å²) in [5.74, 6) is 0. The van der Waals surface area contributed by atoms with Crippen LogP contribution in [0.15, 0.2) is 0 Å². The third kappa shape index (κ3) is 1.89. The SMILES string of the molecule is CN(C)S(C)(C)C(C)(C)C. The molecular formula is C8H21NS. The monoisotopic (exact) mass is 163 g/mol. The number of rotatable bonds is 1. The van der Waals surface area contributed by atoms with E-state index in [0.29, 0.717) is 4.75 Å². The van der Waals surface area contributed by atoms with Crippen LogP contribution in [0, 0.1) is 0 Å². The van der Waals surface area contributed by atoms with Gasteiger partial charge in [-0.1, -0.05) is 20.8 Å². The third-order valence-corrected chi connectivity index (χ3v) is 7.23. The fraction of sp³-hybridized carbons (Fsp3) is 1.00. The molecule has 0 saturated carbocycles. The Kier molecular flexibility index (Phi) is 2.83. The van der Waals surface area contributed by atoms with E-state index < -0.39 is 10.2 Å². The molecule has 0 unspecified atom stereocenters. The van der Waals surface area contributed by atoms with Crippen molar-refractivity contribution in [3.05, 3.63) is 0 Å². The zero-order valence-electron chi connectivity index (χ0n) is 8.36. The van der Waals surface area contributed by atoms with Crippen molar-refractivity contribution < 1.29 is 0 Å². The van der Waals surface area contributed by atoms with Gasteiger partial charge in [0.1, 0.15) is 0 Å². The molecule has 64 valence electrons. The molecule has 0 aliphatic rings. The fourth-order valence-electron chi connectivity index (χ4n) is 0.548. The summed E-state index contributed by atoms with van der Waals surface area (Å²) in [6.07, 6.45) is 4.71. The summed E-state index contributed by atoms with van der Waals surface area (Å²) in [7, 11) is 3.75. The quantitative estimate of drug-likeness (QED) is 0.573. The summed E-state index contributed by atoms with van der Waals surface area (Å²) >= 11 is 0. The Bertz CT molecular complexity index is 111. The van der Waals surface area contributed by atoms with Gasteiger partial charge in [-0.15, -0.1) is 0 Å². The van der Waals surface area contributed by atoms with Crippen molar-refractivity contribution in [2.75, 3.05) is 26.6 Å². The lowest BCUT2D eigenvalue weighted by molar-refractivity contribution is 0.640. The molecule has 0 aromatic carbocycles. The first-order chi connectivity index (χ1) is 4.19. The molecule has 0 rings (SSSR count). The average Bonchev–Trinajstić information content (AvgIpc) is 1.62. The lowest BCUT2D eigenvalue weighted by Crippen LogP contribution is -2.33. The van der Waals surface area contributed by atoms with Gasteiger partial charge < -0.3 is 0 Å². The molecule has 0 spiro atoms. The predicted molar refractivity (Wildman–Crippen MR) is 52.9 cm³/mol. The van der Waals surface area contributed by atoms with Crippen LogP contribution in [0.3, 0.4) is 0 Å². The van der Waals surface area contributed by atoms with Crippen molar-refractivity contribution >= 4 is 10.2 Å². The molecule has 0 aliphatic carbocycles. The van der Waals surface area contributed by atoms with Crippen LogP contribution < -0.4 is 0 Å².